The fourth-order valence-corrected chi connectivity index (χ4v) is 4.03. The molecule has 0 aliphatic carbocycles. The van der Waals surface area contributed by atoms with Crippen LogP contribution in [0.1, 0.15) is 24.4 Å². The van der Waals surface area contributed by atoms with Crippen LogP contribution in [0.4, 0.5) is 11.5 Å². The summed E-state index contributed by atoms with van der Waals surface area (Å²) < 4.78 is 14.9. The van der Waals surface area contributed by atoms with Crippen LogP contribution in [0.25, 0.3) is 11.0 Å². The van der Waals surface area contributed by atoms with Crippen molar-refractivity contribution in [2.45, 2.75) is 25.8 Å². The van der Waals surface area contributed by atoms with Gasteiger partial charge in [0.25, 0.3) is 5.82 Å². The van der Waals surface area contributed by atoms with E-state index in [-0.39, 0.29) is 11.7 Å². The first-order valence-corrected chi connectivity index (χ1v) is 10.8. The van der Waals surface area contributed by atoms with E-state index in [0.29, 0.717) is 19.8 Å². The predicted molar refractivity (Wildman–Crippen MR) is 121 cm³/mol. The van der Waals surface area contributed by atoms with Crippen molar-refractivity contribution in [3.8, 4) is 5.75 Å². The van der Waals surface area contributed by atoms with Gasteiger partial charge in [-0.2, -0.15) is 0 Å². The predicted octanol–water partition coefficient (Wildman–Crippen LogP) is 2.50. The summed E-state index contributed by atoms with van der Waals surface area (Å²) in [4.78, 5) is 18.3. The van der Waals surface area contributed by atoms with Crippen molar-refractivity contribution in [3.63, 3.8) is 0 Å². The van der Waals surface area contributed by atoms with Crippen molar-refractivity contribution >= 4 is 22.5 Å². The normalized spacial score (nSPS) is 15.0. The summed E-state index contributed by atoms with van der Waals surface area (Å²) in [6, 6.07) is 8.23. The lowest BCUT2D eigenvalue weighted by Gasteiger charge is -2.23. The molecule has 8 heteroatoms. The summed E-state index contributed by atoms with van der Waals surface area (Å²) in [5.41, 5.74) is 3.92. The first-order valence-electron chi connectivity index (χ1n) is 10.8. The average Bonchev–Trinajstić information content (AvgIpc) is 3.00. The maximum absolute atomic E-state index is 12.9. The van der Waals surface area contributed by atoms with Crippen molar-refractivity contribution < 1.29 is 14.5 Å². The molecule has 2 N–H and O–H groups in total. The van der Waals surface area contributed by atoms with Crippen molar-refractivity contribution in [2.75, 3.05) is 45.8 Å². The first-order chi connectivity index (χ1) is 14.9. The van der Waals surface area contributed by atoms with Gasteiger partial charge in [0.15, 0.2) is 0 Å². The Labute approximate surface area is 182 Å². The Morgan fingerprint density at radius 2 is 2.00 bits per heavy atom. The number of hydrogen-bond donors (Lipinski definition) is 1. The van der Waals surface area contributed by atoms with Crippen LogP contribution in [0.15, 0.2) is 35.3 Å². The molecule has 1 fully saturated rings. The topological polar surface area (TPSA) is 74.8 Å². The molecule has 8 nitrogen and oxygen atoms in total. The number of nitrogens with zero attached hydrogens (tertiary/aromatic N) is 3. The number of aromatic nitrogens is 3. The summed E-state index contributed by atoms with van der Waals surface area (Å²) in [6.07, 6.45) is 3.60. The zero-order valence-corrected chi connectivity index (χ0v) is 18.8. The average molecular weight is 427 g/mol. The van der Waals surface area contributed by atoms with Crippen molar-refractivity contribution in [3.05, 3.63) is 46.5 Å². The second kappa shape index (κ2) is 9.11. The molecule has 1 aliphatic heterocycles. The van der Waals surface area contributed by atoms with E-state index in [2.05, 4.69) is 22.1 Å². The fourth-order valence-electron chi connectivity index (χ4n) is 4.03. The van der Waals surface area contributed by atoms with Crippen molar-refractivity contribution in [2.24, 2.45) is 7.05 Å². The molecule has 0 saturated carbocycles. The number of rotatable bonds is 7. The minimum atomic E-state index is 0.0165. The smallest absolute Gasteiger partial charge is 0.329 e. The third-order valence-electron chi connectivity index (χ3n) is 5.85. The minimum Gasteiger partial charge on any atom is -0.492 e. The molecular formula is C23H32N5O3+. The van der Waals surface area contributed by atoms with Gasteiger partial charge in [-0.25, -0.2) is 15.1 Å². The monoisotopic (exact) mass is 426 g/mol. The molecule has 1 aromatic carbocycles. The molecule has 0 spiro atoms. The third-order valence-corrected chi connectivity index (χ3v) is 5.85. The van der Waals surface area contributed by atoms with Gasteiger partial charge in [0, 0.05) is 32.8 Å². The zero-order valence-electron chi connectivity index (χ0n) is 18.8. The SMILES string of the molecule is Cc1cc(OCCN(C)C)ccc1Nc1cc2c(c[nH+]1)n(C)c(=O)n2C1CCOCC1. The van der Waals surface area contributed by atoms with Crippen molar-refractivity contribution in [1.29, 1.82) is 0 Å². The number of ether oxygens (including phenoxy) is 2. The molecule has 4 rings (SSSR count). The Bertz CT molecular complexity index is 1110. The quantitative estimate of drug-likeness (QED) is 0.628. The molecule has 3 heterocycles. The van der Waals surface area contributed by atoms with E-state index in [1.54, 1.807) is 4.57 Å². The number of nitrogens with one attached hydrogen (secondary N) is 2. The number of aromatic amines is 1. The highest BCUT2D eigenvalue weighted by atomic mass is 16.5. The van der Waals surface area contributed by atoms with E-state index in [9.17, 15) is 4.79 Å². The molecule has 0 radical (unpaired) electrons. The molecular weight excluding hydrogens is 394 g/mol. The Kier molecular flexibility index (Phi) is 6.29. The van der Waals surface area contributed by atoms with Crippen molar-refractivity contribution in [1.82, 2.24) is 14.0 Å². The van der Waals surface area contributed by atoms with Crippen LogP contribution in [-0.4, -0.2) is 54.5 Å². The van der Waals surface area contributed by atoms with Crippen LogP contribution in [0.2, 0.25) is 0 Å². The number of hydrogen-bond acceptors (Lipinski definition) is 5. The number of imidazole rings is 1. The van der Waals surface area contributed by atoms with Gasteiger partial charge in [-0.3, -0.25) is 9.13 Å². The van der Waals surface area contributed by atoms with E-state index in [4.69, 9.17) is 9.47 Å². The second-order valence-corrected chi connectivity index (χ2v) is 8.43. The molecule has 0 amide bonds. The second-order valence-electron chi connectivity index (χ2n) is 8.43. The van der Waals surface area contributed by atoms with Gasteiger partial charge in [0.1, 0.15) is 29.8 Å². The minimum absolute atomic E-state index is 0.0165. The number of likely N-dealkylation sites (N-methyl/N-ethyl adjacent to an activating group) is 1. The molecule has 0 unspecified atom stereocenters. The summed E-state index contributed by atoms with van der Waals surface area (Å²) >= 11 is 0. The lowest BCUT2D eigenvalue weighted by molar-refractivity contribution is -0.358. The Hall–Kier alpha value is -2.84. The lowest BCUT2D eigenvalue weighted by Crippen LogP contribution is -2.29. The van der Waals surface area contributed by atoms with Gasteiger partial charge >= 0.3 is 5.69 Å². The highest BCUT2D eigenvalue weighted by Crippen LogP contribution is 2.27. The number of fused-ring (bicyclic) bond motifs is 1. The van der Waals surface area contributed by atoms with E-state index in [0.717, 1.165) is 53.2 Å². The van der Waals surface area contributed by atoms with Gasteiger partial charge in [-0.05, 0) is 57.6 Å². The molecule has 0 bridgehead atoms. The molecule has 31 heavy (non-hydrogen) atoms. The molecule has 0 atom stereocenters. The lowest BCUT2D eigenvalue weighted by atomic mass is 10.1. The Morgan fingerprint density at radius 1 is 1.23 bits per heavy atom. The van der Waals surface area contributed by atoms with Gasteiger partial charge in [0.2, 0.25) is 0 Å². The first kappa shape index (κ1) is 21.4. The number of anilines is 2. The highest BCUT2D eigenvalue weighted by molar-refractivity contribution is 5.77. The van der Waals surface area contributed by atoms with Gasteiger partial charge in [-0.1, -0.05) is 0 Å². The number of aryl methyl sites for hydroxylation is 2. The van der Waals surface area contributed by atoms with Crippen LogP contribution in [0, 0.1) is 6.92 Å². The van der Waals surface area contributed by atoms with Crippen LogP contribution in [0.3, 0.4) is 0 Å². The maximum atomic E-state index is 12.9. The number of benzene rings is 1. The number of pyridine rings is 1. The standard InChI is InChI=1S/C23H31N5O3/c1-16-13-18(31-12-9-26(2)3)5-6-19(16)25-22-14-20-21(15-24-22)27(4)23(29)28(20)17-7-10-30-11-8-17/h5-6,13-15,17H,7-12H2,1-4H3,(H,24,25)/p+1. The molecule has 1 saturated heterocycles. The van der Waals surface area contributed by atoms with E-state index in [1.165, 1.54) is 0 Å². The van der Waals surface area contributed by atoms with Crippen LogP contribution < -0.4 is 20.7 Å². The summed E-state index contributed by atoms with van der Waals surface area (Å²) in [7, 11) is 5.88. The fraction of sp³-hybridized carbons (Fsp3) is 0.478. The third kappa shape index (κ3) is 4.60. The molecule has 2 aromatic heterocycles. The van der Waals surface area contributed by atoms with E-state index >= 15 is 0 Å². The van der Waals surface area contributed by atoms with E-state index in [1.807, 2.05) is 56.2 Å². The Morgan fingerprint density at radius 3 is 2.71 bits per heavy atom. The Balaban J connectivity index is 1.58. The zero-order chi connectivity index (χ0) is 22.0. The largest absolute Gasteiger partial charge is 0.492 e. The molecule has 166 valence electrons. The molecule has 3 aromatic rings. The highest BCUT2D eigenvalue weighted by Gasteiger charge is 2.23. The van der Waals surface area contributed by atoms with E-state index < -0.39 is 0 Å². The summed E-state index contributed by atoms with van der Waals surface area (Å²) in [5.74, 6) is 1.70. The van der Waals surface area contributed by atoms with Gasteiger partial charge in [-0.15, -0.1) is 0 Å². The number of H-pyrrole nitrogens is 1. The maximum Gasteiger partial charge on any atom is 0.329 e. The summed E-state index contributed by atoms with van der Waals surface area (Å²) in [5, 5.41) is 3.46. The van der Waals surface area contributed by atoms with Crippen LogP contribution in [-0.2, 0) is 11.8 Å². The molecule has 1 aliphatic rings. The van der Waals surface area contributed by atoms with Crippen LogP contribution in [0.5, 0.6) is 5.75 Å². The van der Waals surface area contributed by atoms with Gasteiger partial charge < -0.3 is 14.4 Å². The van der Waals surface area contributed by atoms with Crippen LogP contribution >= 0.6 is 0 Å². The summed E-state index contributed by atoms with van der Waals surface area (Å²) in [6.45, 7) is 4.97. The van der Waals surface area contributed by atoms with Gasteiger partial charge in [0.05, 0.1) is 11.6 Å².